The van der Waals surface area contributed by atoms with Crippen LogP contribution in [0, 0.1) is 5.92 Å². The standard InChI is InChI=1S/C10H21N3O3S/c1-9-4-6-13(7-5-9)17(15,16)12(3)8-10(14)11-2/h9H,4-8H2,1-3H3,(H,11,14). The molecule has 17 heavy (non-hydrogen) atoms. The van der Waals surface area contributed by atoms with Crippen molar-refractivity contribution in [2.24, 2.45) is 5.92 Å². The Hall–Kier alpha value is -0.660. The summed E-state index contributed by atoms with van der Waals surface area (Å²) in [5.41, 5.74) is 0. The first-order chi connectivity index (χ1) is 7.87. The minimum Gasteiger partial charge on any atom is -0.358 e. The first-order valence-corrected chi connectivity index (χ1v) is 7.19. The van der Waals surface area contributed by atoms with Crippen LogP contribution in [-0.2, 0) is 15.0 Å². The number of hydrogen-bond acceptors (Lipinski definition) is 3. The van der Waals surface area contributed by atoms with E-state index in [0.717, 1.165) is 17.1 Å². The average molecular weight is 263 g/mol. The van der Waals surface area contributed by atoms with Crippen molar-refractivity contribution in [2.75, 3.05) is 33.7 Å². The molecule has 0 atom stereocenters. The fourth-order valence-corrected chi connectivity index (χ4v) is 3.12. The average Bonchev–Trinajstić information content (AvgIpc) is 2.29. The molecule has 0 aliphatic carbocycles. The van der Waals surface area contributed by atoms with Gasteiger partial charge in [0.25, 0.3) is 10.2 Å². The summed E-state index contributed by atoms with van der Waals surface area (Å²) in [5, 5.41) is 2.41. The summed E-state index contributed by atoms with van der Waals surface area (Å²) in [7, 11) is -0.560. The number of nitrogens with zero attached hydrogens (tertiary/aromatic N) is 2. The van der Waals surface area contributed by atoms with Crippen LogP contribution in [0.1, 0.15) is 19.8 Å². The molecule has 0 saturated carbocycles. The van der Waals surface area contributed by atoms with Crippen LogP contribution in [0.5, 0.6) is 0 Å². The molecule has 100 valence electrons. The van der Waals surface area contributed by atoms with Gasteiger partial charge >= 0.3 is 0 Å². The lowest BCUT2D eigenvalue weighted by Gasteiger charge is -2.32. The van der Waals surface area contributed by atoms with Gasteiger partial charge in [0.1, 0.15) is 0 Å². The molecule has 0 spiro atoms. The molecule has 0 radical (unpaired) electrons. The molecule has 1 aliphatic heterocycles. The van der Waals surface area contributed by atoms with Crippen molar-refractivity contribution >= 4 is 16.1 Å². The van der Waals surface area contributed by atoms with E-state index in [1.165, 1.54) is 18.4 Å². The molecular formula is C10H21N3O3S. The Kier molecular flexibility index (Phi) is 4.91. The van der Waals surface area contributed by atoms with Gasteiger partial charge in [0, 0.05) is 27.2 Å². The third-order valence-electron chi connectivity index (χ3n) is 3.11. The molecule has 1 fully saturated rings. The van der Waals surface area contributed by atoms with Crippen molar-refractivity contribution in [2.45, 2.75) is 19.8 Å². The maximum atomic E-state index is 12.1. The minimum atomic E-state index is -3.48. The molecule has 1 rings (SSSR count). The molecule has 7 heteroatoms. The van der Waals surface area contributed by atoms with E-state index in [2.05, 4.69) is 12.2 Å². The Bertz CT molecular complexity index is 361. The highest BCUT2D eigenvalue weighted by molar-refractivity contribution is 7.86. The van der Waals surface area contributed by atoms with E-state index in [1.54, 1.807) is 0 Å². The summed E-state index contributed by atoms with van der Waals surface area (Å²) < 4.78 is 26.8. The van der Waals surface area contributed by atoms with E-state index in [4.69, 9.17) is 0 Å². The summed E-state index contributed by atoms with van der Waals surface area (Å²) in [6, 6.07) is 0. The van der Waals surface area contributed by atoms with Crippen LogP contribution in [-0.4, -0.2) is 56.7 Å². The topological polar surface area (TPSA) is 69.7 Å². The van der Waals surface area contributed by atoms with Crippen molar-refractivity contribution in [3.63, 3.8) is 0 Å². The number of carbonyl (C=O) groups is 1. The van der Waals surface area contributed by atoms with Crippen LogP contribution in [0.2, 0.25) is 0 Å². The lowest BCUT2D eigenvalue weighted by atomic mass is 10.0. The van der Waals surface area contributed by atoms with Gasteiger partial charge in [0.15, 0.2) is 0 Å². The second-order valence-corrected chi connectivity index (χ2v) is 6.55. The fourth-order valence-electron chi connectivity index (χ4n) is 1.78. The molecule has 0 bridgehead atoms. The molecule has 0 aromatic heterocycles. The highest BCUT2D eigenvalue weighted by Gasteiger charge is 2.30. The van der Waals surface area contributed by atoms with Gasteiger partial charge in [-0.05, 0) is 18.8 Å². The Labute approximate surface area is 103 Å². The Morgan fingerprint density at radius 2 is 1.94 bits per heavy atom. The summed E-state index contributed by atoms with van der Waals surface area (Å²) in [4.78, 5) is 11.2. The van der Waals surface area contributed by atoms with Gasteiger partial charge in [-0.2, -0.15) is 17.0 Å². The molecule has 1 aliphatic rings. The van der Waals surface area contributed by atoms with Crippen LogP contribution in [0.25, 0.3) is 0 Å². The van der Waals surface area contributed by atoms with E-state index >= 15 is 0 Å². The maximum absolute atomic E-state index is 12.1. The summed E-state index contributed by atoms with van der Waals surface area (Å²) in [5.74, 6) is 0.271. The van der Waals surface area contributed by atoms with Crippen molar-refractivity contribution in [3.8, 4) is 0 Å². The van der Waals surface area contributed by atoms with Crippen molar-refractivity contribution in [1.82, 2.24) is 13.9 Å². The molecule has 0 unspecified atom stereocenters. The van der Waals surface area contributed by atoms with E-state index < -0.39 is 10.2 Å². The van der Waals surface area contributed by atoms with Gasteiger partial charge in [-0.3, -0.25) is 4.79 Å². The SMILES string of the molecule is CNC(=O)CN(C)S(=O)(=O)N1CCC(C)CC1. The van der Waals surface area contributed by atoms with Crippen LogP contribution < -0.4 is 5.32 Å². The Morgan fingerprint density at radius 3 is 2.41 bits per heavy atom. The van der Waals surface area contributed by atoms with Gasteiger partial charge in [-0.25, -0.2) is 0 Å². The van der Waals surface area contributed by atoms with Crippen molar-refractivity contribution in [1.29, 1.82) is 0 Å². The summed E-state index contributed by atoms with van der Waals surface area (Å²) in [6.07, 6.45) is 1.76. The van der Waals surface area contributed by atoms with Gasteiger partial charge in [0.05, 0.1) is 6.54 Å². The van der Waals surface area contributed by atoms with E-state index in [-0.39, 0.29) is 12.5 Å². The lowest BCUT2D eigenvalue weighted by Crippen LogP contribution is -2.48. The van der Waals surface area contributed by atoms with E-state index in [9.17, 15) is 13.2 Å². The van der Waals surface area contributed by atoms with Crippen LogP contribution in [0.3, 0.4) is 0 Å². The molecule has 1 amide bonds. The van der Waals surface area contributed by atoms with Gasteiger partial charge in [0.2, 0.25) is 5.91 Å². The predicted octanol–water partition coefficient (Wildman–Crippen LogP) is -0.359. The van der Waals surface area contributed by atoms with Gasteiger partial charge in [-0.15, -0.1) is 0 Å². The molecule has 0 aromatic rings. The molecule has 1 heterocycles. The van der Waals surface area contributed by atoms with Gasteiger partial charge in [-0.1, -0.05) is 6.92 Å². The second kappa shape index (κ2) is 5.79. The smallest absolute Gasteiger partial charge is 0.282 e. The monoisotopic (exact) mass is 263 g/mol. The first-order valence-electron chi connectivity index (χ1n) is 5.80. The highest BCUT2D eigenvalue weighted by Crippen LogP contribution is 2.19. The fraction of sp³-hybridized carbons (Fsp3) is 0.900. The number of amides is 1. The molecule has 6 nitrogen and oxygen atoms in total. The largest absolute Gasteiger partial charge is 0.358 e. The molecule has 0 aromatic carbocycles. The third-order valence-corrected chi connectivity index (χ3v) is 5.04. The number of likely N-dealkylation sites (N-methyl/N-ethyl adjacent to an activating group) is 2. The minimum absolute atomic E-state index is 0.134. The zero-order valence-corrected chi connectivity index (χ0v) is 11.5. The maximum Gasteiger partial charge on any atom is 0.282 e. The van der Waals surface area contributed by atoms with Crippen LogP contribution >= 0.6 is 0 Å². The third kappa shape index (κ3) is 3.65. The van der Waals surface area contributed by atoms with E-state index in [1.807, 2.05) is 0 Å². The highest BCUT2D eigenvalue weighted by atomic mass is 32.2. The number of nitrogens with one attached hydrogen (secondary N) is 1. The Morgan fingerprint density at radius 1 is 1.41 bits per heavy atom. The van der Waals surface area contributed by atoms with Crippen LogP contribution in [0.4, 0.5) is 0 Å². The number of rotatable bonds is 4. The zero-order valence-electron chi connectivity index (χ0n) is 10.6. The normalized spacial score (nSPS) is 19.5. The van der Waals surface area contributed by atoms with Crippen molar-refractivity contribution in [3.05, 3.63) is 0 Å². The molecular weight excluding hydrogens is 242 g/mol. The zero-order chi connectivity index (χ0) is 13.1. The summed E-state index contributed by atoms with van der Waals surface area (Å²) in [6.45, 7) is 3.08. The quantitative estimate of drug-likeness (QED) is 0.753. The number of carbonyl (C=O) groups excluding carboxylic acids is 1. The Balaban J connectivity index is 2.64. The number of piperidine rings is 1. The predicted molar refractivity (Wildman–Crippen MR) is 65.6 cm³/mol. The van der Waals surface area contributed by atoms with Crippen molar-refractivity contribution < 1.29 is 13.2 Å². The van der Waals surface area contributed by atoms with Crippen LogP contribution in [0.15, 0.2) is 0 Å². The summed E-state index contributed by atoms with van der Waals surface area (Å²) >= 11 is 0. The molecule has 1 N–H and O–H groups in total. The van der Waals surface area contributed by atoms with Gasteiger partial charge < -0.3 is 5.32 Å². The lowest BCUT2D eigenvalue weighted by molar-refractivity contribution is -0.120. The van der Waals surface area contributed by atoms with E-state index in [0.29, 0.717) is 19.0 Å². The second-order valence-electron chi connectivity index (χ2n) is 4.52. The number of hydrogen-bond donors (Lipinski definition) is 1. The molecule has 1 saturated heterocycles. The first kappa shape index (κ1) is 14.4.